The van der Waals surface area contributed by atoms with Gasteiger partial charge in [0.05, 0.1) is 11.6 Å². The van der Waals surface area contributed by atoms with Crippen LogP contribution < -0.4 is 11.2 Å². The van der Waals surface area contributed by atoms with E-state index in [9.17, 15) is 9.59 Å². The summed E-state index contributed by atoms with van der Waals surface area (Å²) in [4.78, 5) is 22.2. The molecule has 1 rings (SSSR count). The van der Waals surface area contributed by atoms with Crippen molar-refractivity contribution >= 4 is 17.7 Å². The van der Waals surface area contributed by atoms with Crippen molar-refractivity contribution in [1.29, 1.82) is 0 Å². The molecule has 1 fully saturated rings. The summed E-state index contributed by atoms with van der Waals surface area (Å²) in [7, 11) is 0. The molecule has 0 bridgehead atoms. The lowest BCUT2D eigenvalue weighted by atomic mass is 9.96. The number of esters is 1. The number of unbranched alkanes of at least 4 members (excludes halogenated alkanes) is 2. The first-order valence-electron chi connectivity index (χ1n) is 6.34. The average Bonchev–Trinajstić information content (AvgIpc) is 2.68. The Hall–Kier alpha value is -1.59. The highest BCUT2D eigenvalue weighted by Gasteiger charge is 2.35. The van der Waals surface area contributed by atoms with Gasteiger partial charge in [0.25, 0.3) is 0 Å². The molecule has 0 aliphatic carbocycles. The molecule has 18 heavy (non-hydrogen) atoms. The zero-order chi connectivity index (χ0) is 13.5. The fourth-order valence-corrected chi connectivity index (χ4v) is 1.99. The molecule has 1 aliphatic heterocycles. The number of urea groups is 1. The number of carbonyl (C=O) groups is 2. The zero-order valence-corrected chi connectivity index (χ0v) is 10.9. The van der Waals surface area contributed by atoms with Gasteiger partial charge in [-0.3, -0.25) is 4.79 Å². The predicted molar refractivity (Wildman–Crippen MR) is 68.0 cm³/mol. The molecule has 0 aromatic heterocycles. The standard InChI is InChI=1S/C12H21N3O3/c1-3-4-5-6-9-7-10(18-11(9)16)8(2)14-15-12(13)17/h9-10H,3-7H2,1-2H3,(H3,13,15,17)/b14-8-/t9-,10+/m0/s1. The number of hydrazone groups is 1. The Morgan fingerprint density at radius 2 is 2.28 bits per heavy atom. The second-order valence-electron chi connectivity index (χ2n) is 4.58. The lowest BCUT2D eigenvalue weighted by Crippen LogP contribution is -2.28. The summed E-state index contributed by atoms with van der Waals surface area (Å²) in [5.74, 6) is -0.204. The second kappa shape index (κ2) is 6.98. The lowest BCUT2D eigenvalue weighted by Gasteiger charge is -2.07. The maximum Gasteiger partial charge on any atom is 0.332 e. The molecule has 6 heteroatoms. The molecule has 3 N–H and O–H groups in total. The van der Waals surface area contributed by atoms with Crippen LogP contribution in [0.15, 0.2) is 5.10 Å². The largest absolute Gasteiger partial charge is 0.456 e. The highest BCUT2D eigenvalue weighted by molar-refractivity contribution is 5.91. The quantitative estimate of drug-likeness (QED) is 0.326. The van der Waals surface area contributed by atoms with Crippen LogP contribution in [0.5, 0.6) is 0 Å². The molecule has 2 atom stereocenters. The van der Waals surface area contributed by atoms with Crippen molar-refractivity contribution in [3.63, 3.8) is 0 Å². The molecule has 0 saturated carbocycles. The number of nitrogens with two attached hydrogens (primary N) is 1. The number of hydrogen-bond donors (Lipinski definition) is 2. The number of carbonyl (C=O) groups excluding carboxylic acids is 2. The molecule has 1 saturated heterocycles. The van der Waals surface area contributed by atoms with Crippen molar-refractivity contribution in [2.45, 2.75) is 52.1 Å². The molecule has 0 aromatic rings. The highest BCUT2D eigenvalue weighted by Crippen LogP contribution is 2.26. The van der Waals surface area contributed by atoms with Gasteiger partial charge < -0.3 is 10.5 Å². The first-order chi connectivity index (χ1) is 8.54. The Morgan fingerprint density at radius 1 is 1.56 bits per heavy atom. The third-order valence-electron chi connectivity index (χ3n) is 3.05. The van der Waals surface area contributed by atoms with Crippen molar-refractivity contribution in [2.75, 3.05) is 0 Å². The van der Waals surface area contributed by atoms with E-state index in [1.807, 2.05) is 0 Å². The lowest BCUT2D eigenvalue weighted by molar-refractivity contribution is -0.142. The molecule has 0 aromatic carbocycles. The number of amides is 2. The molecular formula is C12H21N3O3. The molecule has 102 valence electrons. The SMILES string of the molecule is CCCCC[C@H]1C[C@H](/C(C)=N\NC(N)=O)OC1=O. The van der Waals surface area contributed by atoms with Crippen LogP contribution in [0.3, 0.4) is 0 Å². The Kier molecular flexibility index (Phi) is 5.61. The monoisotopic (exact) mass is 255 g/mol. The smallest absolute Gasteiger partial charge is 0.332 e. The number of hydrogen-bond acceptors (Lipinski definition) is 4. The molecule has 1 heterocycles. The summed E-state index contributed by atoms with van der Waals surface area (Å²) in [6.45, 7) is 3.84. The van der Waals surface area contributed by atoms with Crippen LogP contribution in [0.25, 0.3) is 0 Å². The zero-order valence-electron chi connectivity index (χ0n) is 10.9. The van der Waals surface area contributed by atoms with Gasteiger partial charge in [0, 0.05) is 6.42 Å². The number of nitrogens with zero attached hydrogens (tertiary/aromatic N) is 1. The van der Waals surface area contributed by atoms with Gasteiger partial charge in [0.1, 0.15) is 6.10 Å². The van der Waals surface area contributed by atoms with Crippen LogP contribution in [-0.4, -0.2) is 23.8 Å². The van der Waals surface area contributed by atoms with E-state index in [-0.39, 0.29) is 18.0 Å². The fourth-order valence-electron chi connectivity index (χ4n) is 1.99. The van der Waals surface area contributed by atoms with Gasteiger partial charge in [-0.15, -0.1) is 0 Å². The summed E-state index contributed by atoms with van der Waals surface area (Å²) in [6, 6.07) is -0.724. The molecular weight excluding hydrogens is 234 g/mol. The first-order valence-corrected chi connectivity index (χ1v) is 6.34. The topological polar surface area (TPSA) is 93.8 Å². The third kappa shape index (κ3) is 4.35. The van der Waals surface area contributed by atoms with Crippen LogP contribution >= 0.6 is 0 Å². The summed E-state index contributed by atoms with van der Waals surface area (Å²) in [6.07, 6.45) is 4.46. The summed E-state index contributed by atoms with van der Waals surface area (Å²) in [5, 5.41) is 3.79. The third-order valence-corrected chi connectivity index (χ3v) is 3.05. The van der Waals surface area contributed by atoms with Gasteiger partial charge in [-0.1, -0.05) is 26.2 Å². The molecule has 6 nitrogen and oxygen atoms in total. The van der Waals surface area contributed by atoms with E-state index in [1.54, 1.807) is 6.92 Å². The molecule has 2 amide bonds. The summed E-state index contributed by atoms with van der Waals surface area (Å²) >= 11 is 0. The molecule has 0 radical (unpaired) electrons. The van der Waals surface area contributed by atoms with E-state index < -0.39 is 6.03 Å². The van der Waals surface area contributed by atoms with E-state index in [2.05, 4.69) is 17.5 Å². The van der Waals surface area contributed by atoms with E-state index in [1.165, 1.54) is 0 Å². The van der Waals surface area contributed by atoms with Crippen molar-refractivity contribution in [3.8, 4) is 0 Å². The van der Waals surface area contributed by atoms with E-state index in [0.29, 0.717) is 12.1 Å². The fraction of sp³-hybridized carbons (Fsp3) is 0.750. The predicted octanol–water partition coefficient (Wildman–Crippen LogP) is 1.54. The van der Waals surface area contributed by atoms with Gasteiger partial charge in [-0.05, 0) is 13.3 Å². The first kappa shape index (κ1) is 14.5. The maximum atomic E-state index is 11.6. The second-order valence-corrected chi connectivity index (χ2v) is 4.58. The van der Waals surface area contributed by atoms with Crippen molar-refractivity contribution in [2.24, 2.45) is 16.8 Å². The molecule has 1 aliphatic rings. The van der Waals surface area contributed by atoms with Crippen LogP contribution in [0.4, 0.5) is 4.79 Å². The Bertz CT molecular complexity index is 341. The van der Waals surface area contributed by atoms with Gasteiger partial charge >= 0.3 is 12.0 Å². The summed E-state index contributed by atoms with van der Waals surface area (Å²) in [5.41, 5.74) is 7.62. The molecule has 0 spiro atoms. The van der Waals surface area contributed by atoms with Gasteiger partial charge in [-0.25, -0.2) is 10.2 Å². The van der Waals surface area contributed by atoms with Crippen LogP contribution in [0, 0.1) is 5.92 Å². The number of primary amides is 1. The molecule has 0 unspecified atom stereocenters. The van der Waals surface area contributed by atoms with Crippen LogP contribution in [0.1, 0.15) is 46.0 Å². The summed E-state index contributed by atoms with van der Waals surface area (Å²) < 4.78 is 5.24. The highest BCUT2D eigenvalue weighted by atomic mass is 16.6. The van der Waals surface area contributed by atoms with Crippen LogP contribution in [0.2, 0.25) is 0 Å². The minimum Gasteiger partial charge on any atom is -0.456 e. The normalized spacial score (nSPS) is 23.9. The minimum absolute atomic E-state index is 0.0414. The number of ether oxygens (including phenoxy) is 1. The van der Waals surface area contributed by atoms with Crippen molar-refractivity contribution < 1.29 is 14.3 Å². The van der Waals surface area contributed by atoms with Crippen LogP contribution in [-0.2, 0) is 9.53 Å². The van der Waals surface area contributed by atoms with E-state index >= 15 is 0 Å². The Balaban J connectivity index is 2.44. The van der Waals surface area contributed by atoms with E-state index in [0.717, 1.165) is 25.7 Å². The van der Waals surface area contributed by atoms with Crippen molar-refractivity contribution in [3.05, 3.63) is 0 Å². The maximum absolute atomic E-state index is 11.6. The van der Waals surface area contributed by atoms with Gasteiger partial charge in [-0.2, -0.15) is 5.10 Å². The van der Waals surface area contributed by atoms with E-state index in [4.69, 9.17) is 10.5 Å². The Morgan fingerprint density at radius 3 is 2.89 bits per heavy atom. The number of nitrogens with one attached hydrogen (secondary N) is 1. The average molecular weight is 255 g/mol. The minimum atomic E-state index is -0.724. The van der Waals surface area contributed by atoms with Crippen molar-refractivity contribution in [1.82, 2.24) is 5.43 Å². The Labute approximate surface area is 107 Å². The van der Waals surface area contributed by atoms with Gasteiger partial charge in [0.15, 0.2) is 0 Å². The van der Waals surface area contributed by atoms with Gasteiger partial charge in [0.2, 0.25) is 0 Å². The number of rotatable bonds is 6. The number of cyclic esters (lactones) is 1.